The van der Waals surface area contributed by atoms with E-state index in [1.54, 1.807) is 12.1 Å². The lowest BCUT2D eigenvalue weighted by Gasteiger charge is -2.18. The molecule has 0 atom stereocenters. The lowest BCUT2D eigenvalue weighted by Crippen LogP contribution is -2.19. The number of aryl methyl sites for hydroxylation is 1. The van der Waals surface area contributed by atoms with Crippen LogP contribution >= 0.6 is 0 Å². The molecule has 1 aliphatic rings. The van der Waals surface area contributed by atoms with Crippen molar-refractivity contribution in [1.29, 1.82) is 0 Å². The molecule has 0 amide bonds. The van der Waals surface area contributed by atoms with Crippen molar-refractivity contribution in [3.8, 4) is 0 Å². The highest BCUT2D eigenvalue weighted by molar-refractivity contribution is 7.92. The van der Waals surface area contributed by atoms with Gasteiger partial charge in [0, 0.05) is 36.6 Å². The minimum atomic E-state index is -4.19. The molecular weight excluding hydrogens is 424 g/mol. The van der Waals surface area contributed by atoms with Gasteiger partial charge in [-0.2, -0.15) is 0 Å². The lowest BCUT2D eigenvalue weighted by atomic mass is 10.3. The minimum Gasteiger partial charge on any atom is -0.356 e. The normalized spacial score (nSPS) is 14.0. The van der Waals surface area contributed by atoms with Crippen LogP contribution in [0.1, 0.15) is 18.7 Å². The maximum Gasteiger partial charge on any atom is 0.264 e. The number of aromatic nitrogens is 2. The van der Waals surface area contributed by atoms with Crippen molar-refractivity contribution in [1.82, 2.24) is 9.97 Å². The van der Waals surface area contributed by atoms with Crippen molar-refractivity contribution in [2.45, 2.75) is 24.7 Å². The molecule has 162 valence electrons. The molecule has 2 heterocycles. The summed E-state index contributed by atoms with van der Waals surface area (Å²) in [7, 11) is -4.19. The monoisotopic (exact) mass is 445 g/mol. The molecule has 7 nitrogen and oxygen atoms in total. The van der Waals surface area contributed by atoms with Crippen LogP contribution in [0.4, 0.5) is 31.8 Å². The number of hydrogen-bond donors (Lipinski definition) is 2. The van der Waals surface area contributed by atoms with Gasteiger partial charge in [-0.15, -0.1) is 0 Å². The fourth-order valence-corrected chi connectivity index (χ4v) is 4.52. The third-order valence-corrected chi connectivity index (χ3v) is 6.26. The third kappa shape index (κ3) is 4.91. The minimum absolute atomic E-state index is 0.242. The summed E-state index contributed by atoms with van der Waals surface area (Å²) in [6, 6.07) is 10.6. The Kier molecular flexibility index (Phi) is 5.73. The van der Waals surface area contributed by atoms with E-state index in [0.717, 1.165) is 43.9 Å². The summed E-state index contributed by atoms with van der Waals surface area (Å²) >= 11 is 0. The van der Waals surface area contributed by atoms with Gasteiger partial charge in [0.15, 0.2) is 0 Å². The zero-order chi connectivity index (χ0) is 22.0. The van der Waals surface area contributed by atoms with Gasteiger partial charge in [-0.25, -0.2) is 27.2 Å². The Morgan fingerprint density at radius 2 is 1.61 bits per heavy atom. The standard InChI is InChI=1S/C21H21F2N5O2S/c1-14-24-20(13-21(25-14)28-10-2-3-11-28)26-16-5-7-17(8-6-16)27-31(29,30)19-9-4-15(22)12-18(19)23/h4-9,12-13,27H,2-3,10-11H2,1H3,(H,24,25,26). The van der Waals surface area contributed by atoms with Crippen LogP contribution in [0.25, 0.3) is 0 Å². The average Bonchev–Trinajstić information content (AvgIpc) is 3.23. The smallest absolute Gasteiger partial charge is 0.264 e. The van der Waals surface area contributed by atoms with Gasteiger partial charge in [0.05, 0.1) is 0 Å². The molecule has 31 heavy (non-hydrogen) atoms. The van der Waals surface area contributed by atoms with E-state index in [0.29, 0.717) is 23.4 Å². The molecule has 1 saturated heterocycles. The predicted molar refractivity (Wildman–Crippen MR) is 115 cm³/mol. The largest absolute Gasteiger partial charge is 0.356 e. The average molecular weight is 445 g/mol. The van der Waals surface area contributed by atoms with E-state index < -0.39 is 26.6 Å². The summed E-state index contributed by atoms with van der Waals surface area (Å²) in [6.07, 6.45) is 2.29. The molecule has 0 radical (unpaired) electrons. The number of sulfonamides is 1. The van der Waals surface area contributed by atoms with E-state index in [4.69, 9.17) is 0 Å². The SMILES string of the molecule is Cc1nc(Nc2ccc(NS(=O)(=O)c3ccc(F)cc3F)cc2)cc(N2CCCC2)n1. The zero-order valence-electron chi connectivity index (χ0n) is 16.8. The van der Waals surface area contributed by atoms with Crippen LogP contribution in [0.5, 0.6) is 0 Å². The highest BCUT2D eigenvalue weighted by atomic mass is 32.2. The first-order valence-electron chi connectivity index (χ1n) is 9.76. The second-order valence-corrected chi connectivity index (χ2v) is 8.89. The molecular formula is C21H21F2N5O2S. The molecule has 1 aromatic heterocycles. The molecule has 1 fully saturated rings. The third-order valence-electron chi connectivity index (χ3n) is 4.85. The van der Waals surface area contributed by atoms with Crippen LogP contribution in [0, 0.1) is 18.6 Å². The van der Waals surface area contributed by atoms with Gasteiger partial charge in [-0.05, 0) is 56.2 Å². The van der Waals surface area contributed by atoms with Gasteiger partial charge < -0.3 is 10.2 Å². The number of rotatable bonds is 6. The summed E-state index contributed by atoms with van der Waals surface area (Å²) in [4.78, 5) is 10.5. The number of nitrogens with zero attached hydrogens (tertiary/aromatic N) is 3. The van der Waals surface area contributed by atoms with E-state index in [2.05, 4.69) is 24.9 Å². The second kappa shape index (κ2) is 8.46. The quantitative estimate of drug-likeness (QED) is 0.591. The molecule has 4 rings (SSSR count). The Labute approximate surface area is 179 Å². The molecule has 0 saturated carbocycles. The zero-order valence-corrected chi connectivity index (χ0v) is 17.6. The molecule has 2 N–H and O–H groups in total. The molecule has 2 aromatic carbocycles. The van der Waals surface area contributed by atoms with Crippen LogP contribution in [-0.2, 0) is 10.0 Å². The Morgan fingerprint density at radius 1 is 0.935 bits per heavy atom. The van der Waals surface area contributed by atoms with Crippen molar-refractivity contribution >= 4 is 33.0 Å². The van der Waals surface area contributed by atoms with Gasteiger partial charge in [0.25, 0.3) is 10.0 Å². The number of halogens is 2. The summed E-state index contributed by atoms with van der Waals surface area (Å²) in [5.74, 6) is 0.158. The highest BCUT2D eigenvalue weighted by Gasteiger charge is 2.20. The van der Waals surface area contributed by atoms with Crippen LogP contribution < -0.4 is 14.9 Å². The second-order valence-electron chi connectivity index (χ2n) is 7.24. The molecule has 10 heteroatoms. The fraction of sp³-hybridized carbons (Fsp3) is 0.238. The summed E-state index contributed by atoms with van der Waals surface area (Å²) < 4.78 is 54.0. The van der Waals surface area contributed by atoms with E-state index in [1.165, 1.54) is 12.1 Å². The fourth-order valence-electron chi connectivity index (χ4n) is 3.40. The molecule has 0 aliphatic carbocycles. The van der Waals surface area contributed by atoms with Crippen molar-refractivity contribution in [2.75, 3.05) is 28.0 Å². The molecule has 1 aliphatic heterocycles. The van der Waals surface area contributed by atoms with Crippen molar-refractivity contribution < 1.29 is 17.2 Å². The lowest BCUT2D eigenvalue weighted by molar-refractivity contribution is 0.551. The Balaban J connectivity index is 1.48. The molecule has 3 aromatic rings. The molecule has 0 spiro atoms. The number of hydrogen-bond acceptors (Lipinski definition) is 6. The maximum absolute atomic E-state index is 13.8. The van der Waals surface area contributed by atoms with E-state index in [-0.39, 0.29) is 5.69 Å². The van der Waals surface area contributed by atoms with Crippen LogP contribution in [0.15, 0.2) is 53.4 Å². The first-order valence-corrected chi connectivity index (χ1v) is 11.2. The van der Waals surface area contributed by atoms with Crippen molar-refractivity contribution in [2.24, 2.45) is 0 Å². The Morgan fingerprint density at radius 3 is 2.29 bits per heavy atom. The highest BCUT2D eigenvalue weighted by Crippen LogP contribution is 2.25. The van der Waals surface area contributed by atoms with Crippen LogP contribution in [0.3, 0.4) is 0 Å². The Bertz CT molecular complexity index is 1200. The Hall–Kier alpha value is -3.27. The first kappa shape index (κ1) is 21.0. The van der Waals surface area contributed by atoms with Gasteiger partial charge in [-0.3, -0.25) is 4.72 Å². The number of nitrogens with one attached hydrogen (secondary N) is 2. The predicted octanol–water partition coefficient (Wildman–Crippen LogP) is 4.21. The van der Waals surface area contributed by atoms with Crippen LogP contribution in [-0.4, -0.2) is 31.5 Å². The van der Waals surface area contributed by atoms with Crippen molar-refractivity contribution in [3.63, 3.8) is 0 Å². The summed E-state index contributed by atoms with van der Waals surface area (Å²) in [5.41, 5.74) is 0.937. The van der Waals surface area contributed by atoms with Gasteiger partial charge >= 0.3 is 0 Å². The summed E-state index contributed by atoms with van der Waals surface area (Å²) in [5, 5.41) is 3.19. The van der Waals surface area contributed by atoms with Gasteiger partial charge in [-0.1, -0.05) is 0 Å². The summed E-state index contributed by atoms with van der Waals surface area (Å²) in [6.45, 7) is 3.77. The number of benzene rings is 2. The van der Waals surface area contributed by atoms with E-state index in [9.17, 15) is 17.2 Å². The van der Waals surface area contributed by atoms with Gasteiger partial charge in [0.2, 0.25) is 0 Å². The maximum atomic E-state index is 13.8. The first-order chi connectivity index (χ1) is 14.8. The van der Waals surface area contributed by atoms with Crippen LogP contribution in [0.2, 0.25) is 0 Å². The topological polar surface area (TPSA) is 87.2 Å². The molecule has 0 unspecified atom stereocenters. The van der Waals surface area contributed by atoms with E-state index in [1.807, 2.05) is 13.0 Å². The van der Waals surface area contributed by atoms with Gasteiger partial charge in [0.1, 0.15) is 34.0 Å². The molecule has 0 bridgehead atoms. The number of anilines is 4. The van der Waals surface area contributed by atoms with Crippen molar-refractivity contribution in [3.05, 3.63) is 66.0 Å². The van der Waals surface area contributed by atoms with E-state index >= 15 is 0 Å².